The summed E-state index contributed by atoms with van der Waals surface area (Å²) >= 11 is 0. The van der Waals surface area contributed by atoms with Gasteiger partial charge < -0.3 is 15.5 Å². The molecule has 0 radical (unpaired) electrons. The first kappa shape index (κ1) is 22.2. The van der Waals surface area contributed by atoms with E-state index >= 15 is 0 Å². The van der Waals surface area contributed by atoms with Gasteiger partial charge in [0.15, 0.2) is 0 Å². The van der Waals surface area contributed by atoms with E-state index in [0.717, 1.165) is 22.9 Å². The summed E-state index contributed by atoms with van der Waals surface area (Å²) in [5.74, 6) is -0.406. The van der Waals surface area contributed by atoms with Crippen molar-refractivity contribution in [3.8, 4) is 0 Å². The van der Waals surface area contributed by atoms with Crippen molar-refractivity contribution >= 4 is 35.0 Å². The minimum atomic E-state index is -0.324. The lowest BCUT2D eigenvalue weighted by atomic mass is 10.0. The van der Waals surface area contributed by atoms with E-state index in [-0.39, 0.29) is 30.9 Å². The first-order chi connectivity index (χ1) is 13.5. The molecule has 0 aliphatic carbocycles. The number of guanidine groups is 1. The molecule has 0 aliphatic rings. The maximum absolute atomic E-state index is 12.5. The van der Waals surface area contributed by atoms with E-state index in [0.29, 0.717) is 5.56 Å². The number of fused-ring (bicyclic) bond motifs is 1. The van der Waals surface area contributed by atoms with Crippen LogP contribution >= 0.6 is 12.4 Å². The first-order valence-electron chi connectivity index (χ1n) is 9.00. The lowest BCUT2D eigenvalue weighted by molar-refractivity contribution is 0.0969. The number of nitrogens with one attached hydrogen (secondary N) is 1. The summed E-state index contributed by atoms with van der Waals surface area (Å²) in [5, 5.41) is 8.22. The summed E-state index contributed by atoms with van der Waals surface area (Å²) in [7, 11) is 4.04. The fourth-order valence-electron chi connectivity index (χ4n) is 2.99. The molecule has 0 aromatic heterocycles. The first-order valence-corrected chi connectivity index (χ1v) is 9.00. The Bertz CT molecular complexity index is 1000. The molecule has 0 fully saturated rings. The van der Waals surface area contributed by atoms with Crippen molar-refractivity contribution in [1.82, 2.24) is 10.2 Å². The summed E-state index contributed by atoms with van der Waals surface area (Å²) in [4.78, 5) is 19.9. The van der Waals surface area contributed by atoms with Gasteiger partial charge in [-0.2, -0.15) is 0 Å². The fraction of sp³-hybridized carbons (Fsp3) is 0.182. The molecular weight excluding hydrogens is 388 g/mol. The normalized spacial score (nSPS) is 11.2. The Labute approximate surface area is 176 Å². The van der Waals surface area contributed by atoms with Crippen molar-refractivity contribution in [2.75, 3.05) is 14.1 Å². The van der Waals surface area contributed by atoms with E-state index in [1.54, 1.807) is 6.07 Å². The molecule has 0 unspecified atom stereocenters. The second-order valence-electron chi connectivity index (χ2n) is 6.79. The largest absolute Gasteiger partial charge is 0.388 e. The molecule has 0 spiro atoms. The predicted molar refractivity (Wildman–Crippen MR) is 119 cm³/mol. The molecule has 0 saturated carbocycles. The van der Waals surface area contributed by atoms with Crippen molar-refractivity contribution in [2.45, 2.75) is 13.2 Å². The van der Waals surface area contributed by atoms with Gasteiger partial charge in [0.05, 0.1) is 0 Å². The SMILES string of the molecule is CN(C)Cc1cccc(CON=C(N)NC(=O)c2cccc3ccccc23)c1.Cl. The van der Waals surface area contributed by atoms with Crippen LogP contribution in [-0.4, -0.2) is 30.9 Å². The molecule has 7 heteroatoms. The summed E-state index contributed by atoms with van der Waals surface area (Å²) < 4.78 is 0. The summed E-state index contributed by atoms with van der Waals surface area (Å²) in [6.45, 7) is 1.12. The van der Waals surface area contributed by atoms with E-state index in [1.165, 1.54) is 5.56 Å². The van der Waals surface area contributed by atoms with Crippen LogP contribution in [0.5, 0.6) is 0 Å². The Morgan fingerprint density at radius 1 is 1.03 bits per heavy atom. The predicted octanol–water partition coefficient (Wildman–Crippen LogP) is 3.50. The molecule has 0 heterocycles. The van der Waals surface area contributed by atoms with Crippen LogP contribution in [0.1, 0.15) is 21.5 Å². The van der Waals surface area contributed by atoms with Gasteiger partial charge in [0.2, 0.25) is 5.96 Å². The Morgan fingerprint density at radius 3 is 2.52 bits per heavy atom. The van der Waals surface area contributed by atoms with Crippen molar-refractivity contribution in [1.29, 1.82) is 0 Å². The number of nitrogens with two attached hydrogens (primary N) is 1. The lowest BCUT2D eigenvalue weighted by Crippen LogP contribution is -2.37. The van der Waals surface area contributed by atoms with E-state index in [1.807, 2.05) is 62.6 Å². The topological polar surface area (TPSA) is 79.9 Å². The molecular formula is C22H25ClN4O2. The molecule has 3 rings (SSSR count). The Morgan fingerprint density at radius 2 is 1.72 bits per heavy atom. The number of hydrogen-bond acceptors (Lipinski definition) is 4. The molecule has 152 valence electrons. The zero-order chi connectivity index (χ0) is 19.9. The minimum absolute atomic E-state index is 0. The monoisotopic (exact) mass is 412 g/mol. The molecule has 3 aromatic carbocycles. The van der Waals surface area contributed by atoms with Crippen LogP contribution in [0, 0.1) is 0 Å². The van der Waals surface area contributed by atoms with E-state index < -0.39 is 0 Å². The number of amides is 1. The summed E-state index contributed by atoms with van der Waals surface area (Å²) in [6.07, 6.45) is 0. The van der Waals surface area contributed by atoms with Gasteiger partial charge in [0, 0.05) is 12.1 Å². The maximum Gasteiger partial charge on any atom is 0.258 e. The second kappa shape index (κ2) is 10.5. The van der Waals surface area contributed by atoms with Crippen LogP contribution in [0.4, 0.5) is 0 Å². The third-order valence-electron chi connectivity index (χ3n) is 4.16. The van der Waals surface area contributed by atoms with Gasteiger partial charge in [-0.1, -0.05) is 60.7 Å². The van der Waals surface area contributed by atoms with Gasteiger partial charge in [-0.3, -0.25) is 10.1 Å². The number of carbonyl (C=O) groups is 1. The van der Waals surface area contributed by atoms with Crippen molar-refractivity contribution in [3.63, 3.8) is 0 Å². The fourth-order valence-corrected chi connectivity index (χ4v) is 2.99. The molecule has 0 aliphatic heterocycles. The number of nitrogens with zero attached hydrogens (tertiary/aromatic N) is 2. The number of hydrogen-bond donors (Lipinski definition) is 2. The van der Waals surface area contributed by atoms with Gasteiger partial charge in [-0.05, 0) is 47.2 Å². The molecule has 29 heavy (non-hydrogen) atoms. The quantitative estimate of drug-likeness (QED) is 0.369. The standard InChI is InChI=1S/C22H24N4O2.ClH/c1-26(2)14-16-7-5-8-17(13-16)15-28-25-22(23)24-21(27)20-12-6-10-18-9-3-4-11-19(18)20;/h3-13H,14-15H2,1-2H3,(H3,23,24,25,27);1H. The molecule has 0 atom stereocenters. The zero-order valence-electron chi connectivity index (χ0n) is 16.5. The van der Waals surface area contributed by atoms with Gasteiger partial charge in [0.25, 0.3) is 5.91 Å². The number of carbonyl (C=O) groups excluding carboxylic acids is 1. The minimum Gasteiger partial charge on any atom is -0.388 e. The van der Waals surface area contributed by atoms with Crippen LogP contribution in [0.2, 0.25) is 0 Å². The van der Waals surface area contributed by atoms with Crippen LogP contribution in [0.15, 0.2) is 71.9 Å². The van der Waals surface area contributed by atoms with E-state index in [9.17, 15) is 4.79 Å². The van der Waals surface area contributed by atoms with Crippen LogP contribution in [0.25, 0.3) is 10.8 Å². The van der Waals surface area contributed by atoms with E-state index in [4.69, 9.17) is 10.6 Å². The smallest absolute Gasteiger partial charge is 0.258 e. The number of benzene rings is 3. The van der Waals surface area contributed by atoms with Gasteiger partial charge in [0.1, 0.15) is 6.61 Å². The van der Waals surface area contributed by atoms with Crippen LogP contribution in [-0.2, 0) is 18.0 Å². The van der Waals surface area contributed by atoms with Crippen LogP contribution in [0.3, 0.4) is 0 Å². The van der Waals surface area contributed by atoms with Crippen molar-refractivity contribution in [2.24, 2.45) is 10.9 Å². The zero-order valence-corrected chi connectivity index (χ0v) is 17.3. The highest BCUT2D eigenvalue weighted by Crippen LogP contribution is 2.18. The summed E-state index contributed by atoms with van der Waals surface area (Å²) in [5.41, 5.74) is 8.51. The van der Waals surface area contributed by atoms with Crippen LogP contribution < -0.4 is 11.1 Å². The van der Waals surface area contributed by atoms with Gasteiger partial charge >= 0.3 is 0 Å². The molecule has 0 saturated heterocycles. The number of halogens is 1. The Hall–Kier alpha value is -3.09. The molecule has 3 aromatic rings. The van der Waals surface area contributed by atoms with Gasteiger partial charge in [-0.25, -0.2) is 0 Å². The highest BCUT2D eigenvalue weighted by Gasteiger charge is 2.10. The number of rotatable bonds is 6. The molecule has 1 amide bonds. The molecule has 3 N–H and O–H groups in total. The highest BCUT2D eigenvalue weighted by molar-refractivity contribution is 6.12. The third kappa shape index (κ3) is 6.20. The maximum atomic E-state index is 12.5. The Balaban J connectivity index is 0.00000300. The third-order valence-corrected chi connectivity index (χ3v) is 4.16. The Kier molecular flexibility index (Phi) is 8.00. The highest BCUT2D eigenvalue weighted by atomic mass is 35.5. The van der Waals surface area contributed by atoms with E-state index in [2.05, 4.69) is 27.5 Å². The number of oxime groups is 1. The average Bonchev–Trinajstić information content (AvgIpc) is 2.67. The lowest BCUT2D eigenvalue weighted by Gasteiger charge is -2.10. The molecule has 6 nitrogen and oxygen atoms in total. The van der Waals surface area contributed by atoms with Crippen molar-refractivity contribution in [3.05, 3.63) is 83.4 Å². The average molecular weight is 413 g/mol. The second-order valence-corrected chi connectivity index (χ2v) is 6.79. The molecule has 0 bridgehead atoms. The van der Waals surface area contributed by atoms with Gasteiger partial charge in [-0.15, -0.1) is 12.4 Å². The summed E-state index contributed by atoms with van der Waals surface area (Å²) in [6, 6.07) is 21.3. The van der Waals surface area contributed by atoms with Crippen molar-refractivity contribution < 1.29 is 9.63 Å².